The molecular formula is C12H23N3O. The molecule has 2 aliphatic heterocycles. The average Bonchev–Trinajstić information content (AvgIpc) is 2.31. The molecule has 0 aromatic rings. The van der Waals surface area contributed by atoms with Crippen LogP contribution in [0.2, 0.25) is 0 Å². The zero-order valence-corrected chi connectivity index (χ0v) is 10.2. The van der Waals surface area contributed by atoms with Crippen molar-refractivity contribution in [1.29, 1.82) is 0 Å². The molecule has 2 N–H and O–H groups in total. The van der Waals surface area contributed by atoms with Crippen LogP contribution in [0.25, 0.3) is 0 Å². The van der Waals surface area contributed by atoms with Crippen LogP contribution in [0.5, 0.6) is 0 Å². The number of carbonyl (C=O) groups excluding carboxylic acids is 1. The summed E-state index contributed by atoms with van der Waals surface area (Å²) in [6, 6.07) is 0.364. The van der Waals surface area contributed by atoms with Gasteiger partial charge in [-0.1, -0.05) is 0 Å². The first-order chi connectivity index (χ1) is 7.77. The standard InChI is InChI=1S/C12H23N3O/c1-10-9-14-6-7-15(10)12(16)8-11-2-4-13-5-3-11/h10-11,13-14H,2-9H2,1H3. The van der Waals surface area contributed by atoms with Gasteiger partial charge in [0.1, 0.15) is 0 Å². The minimum Gasteiger partial charge on any atom is -0.337 e. The van der Waals surface area contributed by atoms with Crippen molar-refractivity contribution in [3.8, 4) is 0 Å². The van der Waals surface area contributed by atoms with Gasteiger partial charge in [0.25, 0.3) is 0 Å². The Bertz CT molecular complexity index is 238. The van der Waals surface area contributed by atoms with E-state index in [1.165, 1.54) is 0 Å². The molecule has 0 bridgehead atoms. The second kappa shape index (κ2) is 5.64. The molecule has 1 amide bonds. The molecular weight excluding hydrogens is 202 g/mol. The molecule has 2 heterocycles. The summed E-state index contributed by atoms with van der Waals surface area (Å²) in [6.45, 7) is 7.06. The van der Waals surface area contributed by atoms with Crippen LogP contribution in [0.15, 0.2) is 0 Å². The highest BCUT2D eigenvalue weighted by Gasteiger charge is 2.25. The van der Waals surface area contributed by atoms with E-state index >= 15 is 0 Å². The molecule has 2 saturated heterocycles. The lowest BCUT2D eigenvalue weighted by Gasteiger charge is -2.35. The summed E-state index contributed by atoms with van der Waals surface area (Å²) < 4.78 is 0. The van der Waals surface area contributed by atoms with Crippen LogP contribution in [0.3, 0.4) is 0 Å². The molecule has 4 nitrogen and oxygen atoms in total. The molecule has 16 heavy (non-hydrogen) atoms. The average molecular weight is 225 g/mol. The lowest BCUT2D eigenvalue weighted by molar-refractivity contribution is -0.135. The van der Waals surface area contributed by atoms with Gasteiger partial charge >= 0.3 is 0 Å². The van der Waals surface area contributed by atoms with E-state index < -0.39 is 0 Å². The topological polar surface area (TPSA) is 44.4 Å². The maximum absolute atomic E-state index is 12.2. The molecule has 4 heteroatoms. The number of hydrogen-bond acceptors (Lipinski definition) is 3. The lowest BCUT2D eigenvalue weighted by atomic mass is 9.94. The van der Waals surface area contributed by atoms with Crippen LogP contribution in [0, 0.1) is 5.92 Å². The molecule has 0 saturated carbocycles. The number of hydrogen-bond donors (Lipinski definition) is 2. The van der Waals surface area contributed by atoms with Gasteiger partial charge in [0.15, 0.2) is 0 Å². The number of rotatable bonds is 2. The summed E-state index contributed by atoms with van der Waals surface area (Å²) in [5.41, 5.74) is 0. The molecule has 0 aromatic carbocycles. The second-order valence-corrected chi connectivity index (χ2v) is 5.04. The van der Waals surface area contributed by atoms with E-state index in [0.717, 1.165) is 52.0 Å². The van der Waals surface area contributed by atoms with Crippen LogP contribution in [-0.4, -0.2) is 49.6 Å². The van der Waals surface area contributed by atoms with Gasteiger partial charge in [-0.15, -0.1) is 0 Å². The SMILES string of the molecule is CC1CNCCN1C(=O)CC1CCNCC1. The maximum Gasteiger partial charge on any atom is 0.223 e. The van der Waals surface area contributed by atoms with Crippen LogP contribution in [-0.2, 0) is 4.79 Å². The zero-order chi connectivity index (χ0) is 11.4. The number of piperazine rings is 1. The third-order valence-electron chi connectivity index (χ3n) is 3.74. The van der Waals surface area contributed by atoms with Gasteiger partial charge in [-0.2, -0.15) is 0 Å². The molecule has 0 spiro atoms. The first kappa shape index (κ1) is 11.9. The fraction of sp³-hybridized carbons (Fsp3) is 0.917. The van der Waals surface area contributed by atoms with E-state index in [9.17, 15) is 4.79 Å². The summed E-state index contributed by atoms with van der Waals surface area (Å²) in [4.78, 5) is 14.2. The summed E-state index contributed by atoms with van der Waals surface area (Å²) in [5.74, 6) is 0.969. The quantitative estimate of drug-likeness (QED) is 0.705. The molecule has 2 fully saturated rings. The Balaban J connectivity index is 1.81. The lowest BCUT2D eigenvalue weighted by Crippen LogP contribution is -2.52. The van der Waals surface area contributed by atoms with Crippen LogP contribution in [0.1, 0.15) is 26.2 Å². The minimum absolute atomic E-state index is 0.362. The van der Waals surface area contributed by atoms with Crippen molar-refractivity contribution in [1.82, 2.24) is 15.5 Å². The molecule has 0 aliphatic carbocycles. The second-order valence-electron chi connectivity index (χ2n) is 5.04. The summed E-state index contributed by atoms with van der Waals surface area (Å²) in [7, 11) is 0. The van der Waals surface area contributed by atoms with E-state index in [0.29, 0.717) is 17.9 Å². The Labute approximate surface area is 97.8 Å². The van der Waals surface area contributed by atoms with Gasteiger partial charge in [-0.05, 0) is 38.8 Å². The van der Waals surface area contributed by atoms with Crippen molar-refractivity contribution in [2.75, 3.05) is 32.7 Å². The van der Waals surface area contributed by atoms with E-state index in [-0.39, 0.29) is 0 Å². The van der Waals surface area contributed by atoms with Crippen molar-refractivity contribution in [2.24, 2.45) is 5.92 Å². The fourth-order valence-corrected chi connectivity index (χ4v) is 2.66. The molecule has 0 radical (unpaired) electrons. The zero-order valence-electron chi connectivity index (χ0n) is 10.2. The third kappa shape index (κ3) is 2.95. The van der Waals surface area contributed by atoms with E-state index in [1.807, 2.05) is 0 Å². The van der Waals surface area contributed by atoms with Crippen LogP contribution in [0.4, 0.5) is 0 Å². The Hall–Kier alpha value is -0.610. The highest BCUT2D eigenvalue weighted by molar-refractivity contribution is 5.77. The van der Waals surface area contributed by atoms with Crippen LogP contribution < -0.4 is 10.6 Å². The Morgan fingerprint density at radius 1 is 1.25 bits per heavy atom. The predicted octanol–water partition coefficient (Wildman–Crippen LogP) is 0.196. The number of nitrogens with one attached hydrogen (secondary N) is 2. The van der Waals surface area contributed by atoms with E-state index in [4.69, 9.17) is 0 Å². The monoisotopic (exact) mass is 225 g/mol. The summed E-state index contributed by atoms with van der Waals surface area (Å²) in [6.07, 6.45) is 3.07. The molecule has 0 aromatic heterocycles. The first-order valence-electron chi connectivity index (χ1n) is 6.48. The van der Waals surface area contributed by atoms with Crippen molar-refractivity contribution in [2.45, 2.75) is 32.2 Å². The first-order valence-corrected chi connectivity index (χ1v) is 6.48. The molecule has 1 unspecified atom stereocenters. The highest BCUT2D eigenvalue weighted by Crippen LogP contribution is 2.18. The van der Waals surface area contributed by atoms with Gasteiger partial charge in [-0.25, -0.2) is 0 Å². The van der Waals surface area contributed by atoms with Gasteiger partial charge < -0.3 is 15.5 Å². The van der Waals surface area contributed by atoms with E-state index in [2.05, 4.69) is 22.5 Å². The largest absolute Gasteiger partial charge is 0.337 e. The Kier molecular flexibility index (Phi) is 4.18. The molecule has 92 valence electrons. The number of nitrogens with zero attached hydrogens (tertiary/aromatic N) is 1. The van der Waals surface area contributed by atoms with Crippen molar-refractivity contribution >= 4 is 5.91 Å². The van der Waals surface area contributed by atoms with Gasteiger partial charge in [0.2, 0.25) is 5.91 Å². The minimum atomic E-state index is 0.362. The molecule has 2 aliphatic rings. The van der Waals surface area contributed by atoms with Crippen molar-refractivity contribution in [3.05, 3.63) is 0 Å². The van der Waals surface area contributed by atoms with Gasteiger partial charge in [0.05, 0.1) is 0 Å². The van der Waals surface area contributed by atoms with E-state index in [1.54, 1.807) is 0 Å². The maximum atomic E-state index is 12.2. The third-order valence-corrected chi connectivity index (χ3v) is 3.74. The number of amides is 1. The smallest absolute Gasteiger partial charge is 0.223 e. The molecule has 2 rings (SSSR count). The Morgan fingerprint density at radius 3 is 2.69 bits per heavy atom. The van der Waals surface area contributed by atoms with Crippen molar-refractivity contribution < 1.29 is 4.79 Å². The Morgan fingerprint density at radius 2 is 2.00 bits per heavy atom. The highest BCUT2D eigenvalue weighted by atomic mass is 16.2. The fourth-order valence-electron chi connectivity index (χ4n) is 2.66. The summed E-state index contributed by atoms with van der Waals surface area (Å²) in [5, 5.41) is 6.66. The van der Waals surface area contributed by atoms with Crippen molar-refractivity contribution in [3.63, 3.8) is 0 Å². The predicted molar refractivity (Wildman–Crippen MR) is 64.3 cm³/mol. The normalized spacial score (nSPS) is 28.1. The van der Waals surface area contributed by atoms with Gasteiger partial charge in [0, 0.05) is 32.1 Å². The van der Waals surface area contributed by atoms with Gasteiger partial charge in [-0.3, -0.25) is 4.79 Å². The number of carbonyl (C=O) groups is 1. The summed E-state index contributed by atoms with van der Waals surface area (Å²) >= 11 is 0. The van der Waals surface area contributed by atoms with Crippen LogP contribution >= 0.6 is 0 Å². The molecule has 1 atom stereocenters. The number of piperidine rings is 1.